The van der Waals surface area contributed by atoms with Crippen molar-refractivity contribution in [2.75, 3.05) is 14.2 Å². The molecule has 1 unspecified atom stereocenters. The fourth-order valence-electron chi connectivity index (χ4n) is 1.66. The van der Waals surface area contributed by atoms with Gasteiger partial charge in [0.05, 0.1) is 7.11 Å². The highest BCUT2D eigenvalue weighted by Gasteiger charge is 2.13. The quantitative estimate of drug-likeness (QED) is 0.748. The van der Waals surface area contributed by atoms with Gasteiger partial charge in [-0.2, -0.15) is 0 Å². The maximum atomic E-state index is 13.8. The lowest BCUT2D eigenvalue weighted by Crippen LogP contribution is -2.17. The van der Waals surface area contributed by atoms with Crippen molar-refractivity contribution in [3.8, 4) is 5.75 Å². The predicted molar refractivity (Wildman–Crippen MR) is 64.2 cm³/mol. The van der Waals surface area contributed by atoms with Gasteiger partial charge in [-0.1, -0.05) is 12.1 Å². The summed E-state index contributed by atoms with van der Waals surface area (Å²) in [7, 11) is 3.36. The van der Waals surface area contributed by atoms with Crippen molar-refractivity contribution in [2.45, 2.75) is 18.9 Å². The monoisotopic (exact) mass is 223 g/mol. The average molecular weight is 223 g/mol. The lowest BCUT2D eigenvalue weighted by molar-refractivity contribution is 0.409. The molecule has 16 heavy (non-hydrogen) atoms. The first-order valence-electron chi connectivity index (χ1n) is 5.34. The summed E-state index contributed by atoms with van der Waals surface area (Å²) in [5.41, 5.74) is 0.671. The molecule has 0 aliphatic heterocycles. The maximum Gasteiger partial charge on any atom is 0.131 e. The van der Waals surface area contributed by atoms with Gasteiger partial charge in [-0.25, -0.2) is 4.39 Å². The van der Waals surface area contributed by atoms with Crippen molar-refractivity contribution in [1.82, 2.24) is 5.32 Å². The molecule has 0 aromatic heterocycles. The molecule has 0 radical (unpaired) electrons. The fourth-order valence-corrected chi connectivity index (χ4v) is 1.66. The summed E-state index contributed by atoms with van der Waals surface area (Å²) in [6.45, 7) is 3.67. The number of rotatable bonds is 6. The van der Waals surface area contributed by atoms with Crippen LogP contribution in [0.1, 0.15) is 24.4 Å². The third-order valence-corrected chi connectivity index (χ3v) is 2.59. The van der Waals surface area contributed by atoms with Crippen LogP contribution in [-0.2, 0) is 0 Å². The van der Waals surface area contributed by atoms with Gasteiger partial charge < -0.3 is 10.1 Å². The minimum Gasteiger partial charge on any atom is -0.497 e. The van der Waals surface area contributed by atoms with E-state index in [0.717, 1.165) is 12.8 Å². The highest BCUT2D eigenvalue weighted by Crippen LogP contribution is 2.24. The number of methoxy groups -OCH3 is 1. The molecular weight excluding hydrogens is 205 g/mol. The summed E-state index contributed by atoms with van der Waals surface area (Å²) in [5, 5.41) is 3.10. The molecule has 0 aliphatic rings. The van der Waals surface area contributed by atoms with E-state index < -0.39 is 0 Å². The van der Waals surface area contributed by atoms with E-state index in [2.05, 4.69) is 11.9 Å². The summed E-state index contributed by atoms with van der Waals surface area (Å²) >= 11 is 0. The van der Waals surface area contributed by atoms with Gasteiger partial charge in [-0.3, -0.25) is 0 Å². The zero-order valence-electron chi connectivity index (χ0n) is 9.79. The number of benzene rings is 1. The van der Waals surface area contributed by atoms with Crippen molar-refractivity contribution in [3.05, 3.63) is 42.2 Å². The van der Waals surface area contributed by atoms with E-state index in [-0.39, 0.29) is 11.9 Å². The van der Waals surface area contributed by atoms with Crippen LogP contribution in [0.4, 0.5) is 4.39 Å². The van der Waals surface area contributed by atoms with Crippen LogP contribution in [0.25, 0.3) is 0 Å². The first-order valence-corrected chi connectivity index (χ1v) is 5.34. The highest BCUT2D eigenvalue weighted by molar-refractivity contribution is 5.30. The average Bonchev–Trinajstić information content (AvgIpc) is 2.31. The Balaban J connectivity index is 2.87. The summed E-state index contributed by atoms with van der Waals surface area (Å²) in [6, 6.07) is 4.96. The largest absolute Gasteiger partial charge is 0.497 e. The van der Waals surface area contributed by atoms with Gasteiger partial charge in [-0.05, 0) is 26.0 Å². The summed E-state index contributed by atoms with van der Waals surface area (Å²) in [4.78, 5) is 0. The second-order valence-electron chi connectivity index (χ2n) is 3.59. The van der Waals surface area contributed by atoms with Crippen LogP contribution >= 0.6 is 0 Å². The Morgan fingerprint density at radius 2 is 2.31 bits per heavy atom. The Hall–Kier alpha value is -1.35. The first-order chi connectivity index (χ1) is 7.72. The minimum atomic E-state index is -0.234. The number of nitrogens with one attached hydrogen (secondary N) is 1. The number of hydrogen-bond donors (Lipinski definition) is 1. The topological polar surface area (TPSA) is 21.3 Å². The molecule has 1 aromatic rings. The molecule has 1 N–H and O–H groups in total. The van der Waals surface area contributed by atoms with E-state index >= 15 is 0 Å². The molecule has 0 fully saturated rings. The van der Waals surface area contributed by atoms with Gasteiger partial charge in [0.2, 0.25) is 0 Å². The number of allylic oxidation sites excluding steroid dienone is 1. The van der Waals surface area contributed by atoms with Crippen LogP contribution < -0.4 is 10.1 Å². The highest BCUT2D eigenvalue weighted by atomic mass is 19.1. The van der Waals surface area contributed by atoms with Crippen LogP contribution in [0.3, 0.4) is 0 Å². The molecule has 2 nitrogen and oxygen atoms in total. The van der Waals surface area contributed by atoms with Crippen molar-refractivity contribution in [3.63, 3.8) is 0 Å². The Kier molecular flexibility index (Phi) is 4.99. The smallest absolute Gasteiger partial charge is 0.131 e. The molecule has 3 heteroatoms. The van der Waals surface area contributed by atoms with Crippen LogP contribution in [-0.4, -0.2) is 14.2 Å². The molecule has 0 heterocycles. The van der Waals surface area contributed by atoms with Crippen molar-refractivity contribution < 1.29 is 9.13 Å². The van der Waals surface area contributed by atoms with Crippen molar-refractivity contribution in [2.24, 2.45) is 0 Å². The van der Waals surface area contributed by atoms with Gasteiger partial charge in [0.15, 0.2) is 0 Å². The Bertz CT molecular complexity index is 352. The number of ether oxygens (including phenoxy) is 1. The molecule has 0 spiro atoms. The van der Waals surface area contributed by atoms with E-state index in [9.17, 15) is 4.39 Å². The van der Waals surface area contributed by atoms with Gasteiger partial charge >= 0.3 is 0 Å². The van der Waals surface area contributed by atoms with E-state index in [0.29, 0.717) is 11.3 Å². The molecule has 1 rings (SSSR count). The lowest BCUT2D eigenvalue weighted by atomic mass is 10.0. The number of halogens is 1. The lowest BCUT2D eigenvalue weighted by Gasteiger charge is -2.17. The van der Waals surface area contributed by atoms with Gasteiger partial charge in [0, 0.05) is 17.7 Å². The first kappa shape index (κ1) is 12.7. The Labute approximate surface area is 96.1 Å². The molecule has 0 saturated carbocycles. The second kappa shape index (κ2) is 6.28. The molecule has 1 aromatic carbocycles. The maximum absolute atomic E-state index is 13.8. The zero-order chi connectivity index (χ0) is 12.0. The van der Waals surface area contributed by atoms with Crippen molar-refractivity contribution in [1.29, 1.82) is 0 Å². The normalized spacial score (nSPS) is 12.2. The van der Waals surface area contributed by atoms with Gasteiger partial charge in [0.1, 0.15) is 11.6 Å². The predicted octanol–water partition coefficient (Wildman–Crippen LogP) is 3.06. The molecular formula is C13H18FNO. The SMILES string of the molecule is C=CCCC(NC)c1ccc(OC)cc1F. The zero-order valence-corrected chi connectivity index (χ0v) is 9.79. The Morgan fingerprint density at radius 1 is 1.56 bits per heavy atom. The number of hydrogen-bond acceptors (Lipinski definition) is 2. The van der Waals surface area contributed by atoms with Gasteiger partial charge in [-0.15, -0.1) is 6.58 Å². The minimum absolute atomic E-state index is 0.0175. The summed E-state index contributed by atoms with van der Waals surface area (Å²) in [5.74, 6) is 0.308. The fraction of sp³-hybridized carbons (Fsp3) is 0.385. The molecule has 1 atom stereocenters. The third-order valence-electron chi connectivity index (χ3n) is 2.59. The third kappa shape index (κ3) is 3.07. The van der Waals surface area contributed by atoms with E-state index in [1.165, 1.54) is 13.2 Å². The van der Waals surface area contributed by atoms with Crippen LogP contribution in [0.15, 0.2) is 30.9 Å². The van der Waals surface area contributed by atoms with E-state index in [1.54, 1.807) is 12.1 Å². The molecule has 0 aliphatic carbocycles. The molecule has 0 bridgehead atoms. The summed E-state index contributed by atoms with van der Waals surface area (Å²) < 4.78 is 18.7. The van der Waals surface area contributed by atoms with Crippen LogP contribution in [0.2, 0.25) is 0 Å². The molecule has 0 amide bonds. The Morgan fingerprint density at radius 3 is 2.81 bits per heavy atom. The summed E-state index contributed by atoms with van der Waals surface area (Å²) in [6.07, 6.45) is 3.53. The van der Waals surface area contributed by atoms with Gasteiger partial charge in [0.25, 0.3) is 0 Å². The van der Waals surface area contributed by atoms with Crippen molar-refractivity contribution >= 4 is 0 Å². The molecule has 88 valence electrons. The van der Waals surface area contributed by atoms with Crippen LogP contribution in [0.5, 0.6) is 5.75 Å². The second-order valence-corrected chi connectivity index (χ2v) is 3.59. The standard InChI is InChI=1S/C13H18FNO/c1-4-5-6-13(15-2)11-8-7-10(16-3)9-12(11)14/h4,7-9,13,15H,1,5-6H2,2-3H3. The molecule has 0 saturated heterocycles. The van der Waals surface area contributed by atoms with E-state index in [1.807, 2.05) is 13.1 Å². The van der Waals surface area contributed by atoms with E-state index in [4.69, 9.17) is 4.74 Å². The van der Waals surface area contributed by atoms with Crippen LogP contribution in [0, 0.1) is 5.82 Å².